The molecule has 1 heterocycles. The molecule has 1 atom stereocenters. The van der Waals surface area contributed by atoms with Crippen LogP contribution in [0, 0.1) is 5.92 Å². The highest BCUT2D eigenvalue weighted by molar-refractivity contribution is 5.01. The number of aromatic amines is 1. The average molecular weight is 225 g/mol. The molecule has 4 heteroatoms. The number of hydrogen-bond donors (Lipinski definition) is 2. The molecule has 2 N–H and O–H groups in total. The van der Waals surface area contributed by atoms with E-state index in [4.69, 9.17) is 4.74 Å². The molecule has 0 aliphatic heterocycles. The molecule has 0 radical (unpaired) electrons. The molecule has 0 aromatic carbocycles. The van der Waals surface area contributed by atoms with Crippen molar-refractivity contribution < 1.29 is 4.74 Å². The van der Waals surface area contributed by atoms with E-state index in [2.05, 4.69) is 29.1 Å². The van der Waals surface area contributed by atoms with E-state index >= 15 is 0 Å². The van der Waals surface area contributed by atoms with E-state index in [1.54, 1.807) is 7.11 Å². The van der Waals surface area contributed by atoms with Crippen molar-refractivity contribution in [2.75, 3.05) is 13.7 Å². The number of methoxy groups -OCH3 is 1. The number of hydrogen-bond acceptors (Lipinski definition) is 3. The van der Waals surface area contributed by atoms with Crippen LogP contribution in [0.1, 0.15) is 32.3 Å². The smallest absolute Gasteiger partial charge is 0.108 e. The van der Waals surface area contributed by atoms with Crippen LogP contribution >= 0.6 is 0 Å². The Morgan fingerprint density at radius 3 is 2.81 bits per heavy atom. The number of rotatable bonds is 7. The Morgan fingerprint density at radius 1 is 1.44 bits per heavy atom. The Kier molecular flexibility index (Phi) is 5.49. The van der Waals surface area contributed by atoms with Crippen LogP contribution in [0.2, 0.25) is 0 Å². The van der Waals surface area contributed by atoms with Crippen LogP contribution in [0.4, 0.5) is 0 Å². The highest BCUT2D eigenvalue weighted by atomic mass is 16.5. The second-order valence-corrected chi connectivity index (χ2v) is 4.63. The number of H-pyrrole nitrogens is 1. The van der Waals surface area contributed by atoms with E-state index in [-0.39, 0.29) is 6.10 Å². The maximum atomic E-state index is 5.20. The monoisotopic (exact) mass is 225 g/mol. The highest BCUT2D eigenvalue weighted by Gasteiger charge is 2.05. The van der Waals surface area contributed by atoms with Gasteiger partial charge in [-0.2, -0.15) is 0 Å². The quantitative estimate of drug-likeness (QED) is 0.743. The molecule has 0 amide bonds. The molecule has 0 aliphatic carbocycles. The van der Waals surface area contributed by atoms with Crippen LogP contribution in [0.5, 0.6) is 0 Å². The van der Waals surface area contributed by atoms with E-state index in [9.17, 15) is 0 Å². The molecule has 0 saturated heterocycles. The van der Waals surface area contributed by atoms with Crippen LogP contribution in [0.3, 0.4) is 0 Å². The highest BCUT2D eigenvalue weighted by Crippen LogP contribution is 2.02. The van der Waals surface area contributed by atoms with Crippen molar-refractivity contribution in [3.8, 4) is 0 Å². The van der Waals surface area contributed by atoms with Gasteiger partial charge in [-0.05, 0) is 19.4 Å². The van der Waals surface area contributed by atoms with E-state index < -0.39 is 0 Å². The average Bonchev–Trinajstić information content (AvgIpc) is 2.65. The fourth-order valence-electron chi connectivity index (χ4n) is 1.45. The molecule has 16 heavy (non-hydrogen) atoms. The minimum absolute atomic E-state index is 0.211. The molecule has 1 aromatic rings. The van der Waals surface area contributed by atoms with Gasteiger partial charge in [-0.1, -0.05) is 13.8 Å². The minimum Gasteiger partial charge on any atom is -0.381 e. The largest absolute Gasteiger partial charge is 0.381 e. The Hall–Kier alpha value is -0.870. The third-order valence-corrected chi connectivity index (χ3v) is 2.43. The van der Waals surface area contributed by atoms with Gasteiger partial charge < -0.3 is 15.0 Å². The number of imidazole rings is 1. The molecule has 0 fully saturated rings. The van der Waals surface area contributed by atoms with Gasteiger partial charge in [-0.25, -0.2) is 4.98 Å². The van der Waals surface area contributed by atoms with Crippen LogP contribution in [-0.4, -0.2) is 29.7 Å². The predicted octanol–water partition coefficient (Wildman–Crippen LogP) is 1.73. The van der Waals surface area contributed by atoms with E-state index in [0.29, 0.717) is 5.92 Å². The van der Waals surface area contributed by atoms with Crippen LogP contribution < -0.4 is 5.32 Å². The van der Waals surface area contributed by atoms with Crippen LogP contribution in [0.25, 0.3) is 0 Å². The number of aromatic nitrogens is 2. The lowest BCUT2D eigenvalue weighted by Gasteiger charge is -2.07. The molecule has 92 valence electrons. The van der Waals surface area contributed by atoms with Crippen molar-refractivity contribution in [1.29, 1.82) is 0 Å². The Morgan fingerprint density at radius 2 is 2.19 bits per heavy atom. The first-order chi connectivity index (χ1) is 7.61. The van der Waals surface area contributed by atoms with Gasteiger partial charge in [0, 0.05) is 32.0 Å². The maximum absolute atomic E-state index is 5.20. The molecule has 4 nitrogen and oxygen atoms in total. The summed E-state index contributed by atoms with van der Waals surface area (Å²) in [6, 6.07) is 0. The van der Waals surface area contributed by atoms with Crippen molar-refractivity contribution in [3.05, 3.63) is 17.7 Å². The number of nitrogens with one attached hydrogen (secondary N) is 2. The summed E-state index contributed by atoms with van der Waals surface area (Å²) in [5, 5.41) is 3.38. The summed E-state index contributed by atoms with van der Waals surface area (Å²) >= 11 is 0. The third kappa shape index (κ3) is 4.77. The Labute approximate surface area is 97.8 Å². The van der Waals surface area contributed by atoms with Gasteiger partial charge in [0.25, 0.3) is 0 Å². The maximum Gasteiger partial charge on any atom is 0.108 e. The topological polar surface area (TPSA) is 49.9 Å². The van der Waals surface area contributed by atoms with Gasteiger partial charge in [0.1, 0.15) is 5.82 Å². The Bertz CT molecular complexity index is 296. The van der Waals surface area contributed by atoms with Gasteiger partial charge in [-0.3, -0.25) is 0 Å². The van der Waals surface area contributed by atoms with Crippen LogP contribution in [0.15, 0.2) is 6.20 Å². The van der Waals surface area contributed by atoms with E-state index in [0.717, 1.165) is 31.0 Å². The summed E-state index contributed by atoms with van der Waals surface area (Å²) in [4.78, 5) is 7.62. The van der Waals surface area contributed by atoms with Crippen molar-refractivity contribution in [2.24, 2.45) is 5.92 Å². The third-order valence-electron chi connectivity index (χ3n) is 2.43. The molecule has 0 spiro atoms. The standard InChI is InChI=1S/C12H23N3O/c1-9(2)6-13-7-11-8-14-12(15-11)5-10(3)16-4/h8-10,13H,5-7H2,1-4H3,(H,14,15). The van der Waals surface area contributed by atoms with Crippen molar-refractivity contribution >= 4 is 0 Å². The molecule has 0 bridgehead atoms. The summed E-state index contributed by atoms with van der Waals surface area (Å²) in [6.45, 7) is 8.33. The number of ether oxygens (including phenoxy) is 1. The van der Waals surface area contributed by atoms with Crippen molar-refractivity contribution in [1.82, 2.24) is 15.3 Å². The van der Waals surface area contributed by atoms with Crippen molar-refractivity contribution in [2.45, 2.75) is 39.8 Å². The summed E-state index contributed by atoms with van der Waals surface area (Å²) < 4.78 is 5.20. The lowest BCUT2D eigenvalue weighted by Crippen LogP contribution is -2.19. The number of nitrogens with zero attached hydrogens (tertiary/aromatic N) is 1. The molecule has 0 aliphatic rings. The first-order valence-electron chi connectivity index (χ1n) is 5.88. The van der Waals surface area contributed by atoms with Gasteiger partial charge in [-0.15, -0.1) is 0 Å². The SMILES string of the molecule is COC(C)Cc1ncc(CNCC(C)C)[nH]1. The van der Waals surface area contributed by atoms with E-state index in [1.165, 1.54) is 0 Å². The van der Waals surface area contributed by atoms with Gasteiger partial charge >= 0.3 is 0 Å². The summed E-state index contributed by atoms with van der Waals surface area (Å²) in [5.74, 6) is 1.67. The molecule has 0 saturated carbocycles. The van der Waals surface area contributed by atoms with E-state index in [1.807, 2.05) is 13.1 Å². The Balaban J connectivity index is 2.33. The summed E-state index contributed by atoms with van der Waals surface area (Å²) in [7, 11) is 1.72. The fourth-order valence-corrected chi connectivity index (χ4v) is 1.45. The molecule has 1 unspecified atom stereocenters. The zero-order chi connectivity index (χ0) is 12.0. The lowest BCUT2D eigenvalue weighted by molar-refractivity contribution is 0.117. The first-order valence-corrected chi connectivity index (χ1v) is 5.88. The van der Waals surface area contributed by atoms with Gasteiger partial charge in [0.15, 0.2) is 0 Å². The summed E-state index contributed by atoms with van der Waals surface area (Å²) in [5.41, 5.74) is 1.14. The minimum atomic E-state index is 0.211. The van der Waals surface area contributed by atoms with Gasteiger partial charge in [0.05, 0.1) is 6.10 Å². The second kappa shape index (κ2) is 6.66. The zero-order valence-corrected chi connectivity index (χ0v) is 10.7. The normalized spacial score (nSPS) is 13.3. The molecule has 1 rings (SSSR count). The van der Waals surface area contributed by atoms with Crippen molar-refractivity contribution in [3.63, 3.8) is 0 Å². The lowest BCUT2D eigenvalue weighted by atomic mass is 10.2. The first kappa shape index (κ1) is 13.2. The molecular formula is C12H23N3O. The second-order valence-electron chi connectivity index (χ2n) is 4.63. The summed E-state index contributed by atoms with van der Waals surface area (Å²) in [6.07, 6.45) is 2.94. The zero-order valence-electron chi connectivity index (χ0n) is 10.7. The predicted molar refractivity (Wildman–Crippen MR) is 65.3 cm³/mol. The fraction of sp³-hybridized carbons (Fsp3) is 0.750. The van der Waals surface area contributed by atoms with Crippen LogP contribution in [-0.2, 0) is 17.7 Å². The molecular weight excluding hydrogens is 202 g/mol. The molecule has 1 aromatic heterocycles. The van der Waals surface area contributed by atoms with Gasteiger partial charge in [0.2, 0.25) is 0 Å².